The predicted octanol–water partition coefficient (Wildman–Crippen LogP) is 2.61. The van der Waals surface area contributed by atoms with E-state index in [1.807, 2.05) is 0 Å². The molecule has 1 aliphatic heterocycles. The van der Waals surface area contributed by atoms with E-state index in [-0.39, 0.29) is 11.0 Å². The lowest BCUT2D eigenvalue weighted by atomic mass is 9.74. The molecule has 2 rings (SSSR count). The Hall–Kier alpha value is -0.570. The smallest absolute Gasteiger partial charge is 0.226 e. The molecule has 1 heterocycles. The molecule has 0 unspecified atom stereocenters. The lowest BCUT2D eigenvalue weighted by Crippen LogP contribution is -2.55. The molecular weight excluding hydrogens is 224 g/mol. The van der Waals surface area contributed by atoms with E-state index in [1.165, 1.54) is 19.3 Å². The molecule has 3 heteroatoms. The molecular formula is C15H28N2O. The molecule has 0 aromatic carbocycles. The van der Waals surface area contributed by atoms with E-state index in [4.69, 9.17) is 0 Å². The molecule has 0 aromatic rings. The molecule has 1 saturated heterocycles. The van der Waals surface area contributed by atoms with Crippen LogP contribution in [0, 0.1) is 5.41 Å². The molecule has 0 spiro atoms. The Morgan fingerprint density at radius 1 is 1.11 bits per heavy atom. The predicted molar refractivity (Wildman–Crippen MR) is 74.5 cm³/mol. The van der Waals surface area contributed by atoms with Crippen molar-refractivity contribution in [2.75, 3.05) is 13.1 Å². The molecule has 0 bridgehead atoms. The van der Waals surface area contributed by atoms with Gasteiger partial charge < -0.3 is 10.6 Å². The Bertz CT molecular complexity index is 289. The highest BCUT2D eigenvalue weighted by Gasteiger charge is 2.40. The van der Waals surface area contributed by atoms with Crippen molar-refractivity contribution in [1.29, 1.82) is 0 Å². The monoisotopic (exact) mass is 252 g/mol. The van der Waals surface area contributed by atoms with E-state index in [0.29, 0.717) is 5.91 Å². The molecule has 0 atom stereocenters. The fraction of sp³-hybridized carbons (Fsp3) is 0.933. The van der Waals surface area contributed by atoms with Gasteiger partial charge in [-0.2, -0.15) is 0 Å². The van der Waals surface area contributed by atoms with Gasteiger partial charge in [-0.05, 0) is 52.1 Å². The minimum atomic E-state index is -0.105. The van der Waals surface area contributed by atoms with Crippen molar-refractivity contribution in [3.8, 4) is 0 Å². The van der Waals surface area contributed by atoms with Crippen LogP contribution in [-0.4, -0.2) is 24.5 Å². The van der Waals surface area contributed by atoms with Gasteiger partial charge in [0, 0.05) is 5.54 Å². The maximum absolute atomic E-state index is 12.7. The van der Waals surface area contributed by atoms with Crippen LogP contribution < -0.4 is 10.6 Å². The second-order valence-corrected chi connectivity index (χ2v) is 6.46. The molecule has 0 radical (unpaired) electrons. The number of hydrogen-bond acceptors (Lipinski definition) is 2. The second kappa shape index (κ2) is 5.60. The third-order valence-electron chi connectivity index (χ3n) is 5.09. The standard InChI is InChI=1S/C15H28N2O/c1-3-15(9-11-16-12-10-15)13(18)17-14(2)7-5-4-6-8-14/h16H,3-12H2,1-2H3,(H,17,18). The molecule has 2 aliphatic rings. The summed E-state index contributed by atoms with van der Waals surface area (Å²) in [4.78, 5) is 12.7. The molecule has 2 fully saturated rings. The van der Waals surface area contributed by atoms with Gasteiger partial charge in [-0.15, -0.1) is 0 Å². The van der Waals surface area contributed by atoms with E-state index < -0.39 is 0 Å². The summed E-state index contributed by atoms with van der Waals surface area (Å²) in [5, 5.41) is 6.75. The van der Waals surface area contributed by atoms with Crippen LogP contribution >= 0.6 is 0 Å². The third-order valence-corrected chi connectivity index (χ3v) is 5.09. The lowest BCUT2D eigenvalue weighted by Gasteiger charge is -2.41. The summed E-state index contributed by atoms with van der Waals surface area (Å²) in [5.41, 5.74) is -0.0475. The topological polar surface area (TPSA) is 41.1 Å². The first-order chi connectivity index (χ1) is 8.60. The van der Waals surface area contributed by atoms with Gasteiger partial charge in [0.25, 0.3) is 0 Å². The van der Waals surface area contributed by atoms with Crippen LogP contribution in [-0.2, 0) is 4.79 Å². The fourth-order valence-electron chi connectivity index (χ4n) is 3.51. The number of carbonyl (C=O) groups is 1. The van der Waals surface area contributed by atoms with Crippen molar-refractivity contribution in [3.63, 3.8) is 0 Å². The number of hydrogen-bond donors (Lipinski definition) is 2. The maximum Gasteiger partial charge on any atom is 0.226 e. The zero-order valence-electron chi connectivity index (χ0n) is 12.0. The van der Waals surface area contributed by atoms with Gasteiger partial charge in [0.15, 0.2) is 0 Å². The molecule has 1 amide bonds. The number of nitrogens with one attached hydrogen (secondary N) is 2. The van der Waals surface area contributed by atoms with Crippen molar-refractivity contribution in [2.24, 2.45) is 5.41 Å². The van der Waals surface area contributed by atoms with Gasteiger partial charge in [-0.3, -0.25) is 4.79 Å². The first-order valence-electron chi connectivity index (χ1n) is 7.64. The van der Waals surface area contributed by atoms with Crippen LogP contribution in [0.4, 0.5) is 0 Å². The molecule has 18 heavy (non-hydrogen) atoms. The Balaban J connectivity index is 2.00. The van der Waals surface area contributed by atoms with Crippen molar-refractivity contribution in [1.82, 2.24) is 10.6 Å². The molecule has 1 saturated carbocycles. The van der Waals surface area contributed by atoms with E-state index in [2.05, 4.69) is 24.5 Å². The van der Waals surface area contributed by atoms with Crippen LogP contribution in [0.2, 0.25) is 0 Å². The maximum atomic E-state index is 12.7. The van der Waals surface area contributed by atoms with Crippen LogP contribution in [0.25, 0.3) is 0 Å². The van der Waals surface area contributed by atoms with Crippen molar-refractivity contribution < 1.29 is 4.79 Å². The number of piperidine rings is 1. The molecule has 0 aromatic heterocycles. The van der Waals surface area contributed by atoms with E-state index in [0.717, 1.165) is 45.2 Å². The summed E-state index contributed by atoms with van der Waals surface area (Å²) < 4.78 is 0. The molecule has 3 nitrogen and oxygen atoms in total. The van der Waals surface area contributed by atoms with Crippen LogP contribution in [0.5, 0.6) is 0 Å². The number of amides is 1. The van der Waals surface area contributed by atoms with E-state index >= 15 is 0 Å². The fourth-order valence-corrected chi connectivity index (χ4v) is 3.51. The quantitative estimate of drug-likeness (QED) is 0.810. The molecule has 2 N–H and O–H groups in total. The highest BCUT2D eigenvalue weighted by molar-refractivity contribution is 5.83. The normalized spacial score (nSPS) is 26.6. The van der Waals surface area contributed by atoms with Crippen molar-refractivity contribution >= 4 is 5.91 Å². The average Bonchev–Trinajstić information content (AvgIpc) is 2.39. The lowest BCUT2D eigenvalue weighted by molar-refractivity contribution is -0.135. The van der Waals surface area contributed by atoms with Gasteiger partial charge in [-0.1, -0.05) is 26.2 Å². The first kappa shape index (κ1) is 13.9. The van der Waals surface area contributed by atoms with E-state index in [9.17, 15) is 4.79 Å². The zero-order chi connectivity index (χ0) is 13.1. The average molecular weight is 252 g/mol. The molecule has 1 aliphatic carbocycles. The Kier molecular flexibility index (Phi) is 4.31. The summed E-state index contributed by atoms with van der Waals surface area (Å²) in [6.07, 6.45) is 9.10. The summed E-state index contributed by atoms with van der Waals surface area (Å²) in [6.45, 7) is 6.36. The Morgan fingerprint density at radius 3 is 2.28 bits per heavy atom. The van der Waals surface area contributed by atoms with Crippen molar-refractivity contribution in [3.05, 3.63) is 0 Å². The van der Waals surface area contributed by atoms with Crippen LogP contribution in [0.1, 0.15) is 65.2 Å². The van der Waals surface area contributed by atoms with Gasteiger partial charge in [0.05, 0.1) is 5.41 Å². The SMILES string of the molecule is CCC1(C(=O)NC2(C)CCCCC2)CCNCC1. The molecule has 104 valence electrons. The largest absolute Gasteiger partial charge is 0.350 e. The van der Waals surface area contributed by atoms with Gasteiger partial charge in [0.1, 0.15) is 0 Å². The van der Waals surface area contributed by atoms with Crippen LogP contribution in [0.15, 0.2) is 0 Å². The third kappa shape index (κ3) is 2.87. The zero-order valence-corrected chi connectivity index (χ0v) is 12.0. The van der Waals surface area contributed by atoms with Crippen LogP contribution in [0.3, 0.4) is 0 Å². The summed E-state index contributed by atoms with van der Waals surface area (Å²) in [5.74, 6) is 0.316. The minimum absolute atomic E-state index is 0.0579. The minimum Gasteiger partial charge on any atom is -0.350 e. The highest BCUT2D eigenvalue weighted by Crippen LogP contribution is 2.35. The van der Waals surface area contributed by atoms with Crippen molar-refractivity contribution in [2.45, 2.75) is 70.8 Å². The van der Waals surface area contributed by atoms with Gasteiger partial charge >= 0.3 is 0 Å². The van der Waals surface area contributed by atoms with E-state index in [1.54, 1.807) is 0 Å². The second-order valence-electron chi connectivity index (χ2n) is 6.46. The summed E-state index contributed by atoms with van der Waals surface area (Å²) in [7, 11) is 0. The Morgan fingerprint density at radius 2 is 1.72 bits per heavy atom. The summed E-state index contributed by atoms with van der Waals surface area (Å²) in [6, 6.07) is 0. The first-order valence-corrected chi connectivity index (χ1v) is 7.64. The van der Waals surface area contributed by atoms with Gasteiger partial charge in [-0.25, -0.2) is 0 Å². The summed E-state index contributed by atoms with van der Waals surface area (Å²) >= 11 is 0. The number of carbonyl (C=O) groups excluding carboxylic acids is 1. The highest BCUT2D eigenvalue weighted by atomic mass is 16.2. The Labute approximate surface area is 111 Å². The number of rotatable bonds is 3. The van der Waals surface area contributed by atoms with Gasteiger partial charge in [0.2, 0.25) is 5.91 Å².